The minimum atomic E-state index is 0. The summed E-state index contributed by atoms with van der Waals surface area (Å²) in [6.07, 6.45) is 2.03. The largest absolute Gasteiger partial charge is 0.549 e. The Kier molecular flexibility index (Phi) is 5.87. The quantitative estimate of drug-likeness (QED) is 0.513. The summed E-state index contributed by atoms with van der Waals surface area (Å²) in [5.41, 5.74) is 4.06. The van der Waals surface area contributed by atoms with Crippen LogP contribution in [0.4, 0.5) is 0 Å². The molecule has 2 nitrogen and oxygen atoms in total. The molecule has 1 radical (unpaired) electrons. The van der Waals surface area contributed by atoms with Crippen LogP contribution in [0.5, 0.6) is 5.75 Å². The van der Waals surface area contributed by atoms with Crippen molar-refractivity contribution < 1.29 is 42.0 Å². The Bertz CT molecular complexity index is 756. The van der Waals surface area contributed by atoms with Crippen LogP contribution >= 0.6 is 0 Å². The molecule has 3 rings (SSSR count). The SMILES string of the molecule is COc1c(-c2[c-]cccc2)[c-]ccc1-c1cccc[n+]1C.[Y]. The van der Waals surface area contributed by atoms with Crippen molar-refractivity contribution >= 4 is 0 Å². The summed E-state index contributed by atoms with van der Waals surface area (Å²) in [7, 11) is 3.72. The van der Waals surface area contributed by atoms with Crippen molar-refractivity contribution in [3.63, 3.8) is 0 Å². The molecule has 0 N–H and O–H groups in total. The smallest absolute Gasteiger partial charge is 0.196 e. The van der Waals surface area contributed by atoms with Gasteiger partial charge in [0.1, 0.15) is 7.05 Å². The van der Waals surface area contributed by atoms with Crippen molar-refractivity contribution in [2.24, 2.45) is 7.05 Å². The second kappa shape index (κ2) is 7.66. The molecule has 0 amide bonds. The maximum atomic E-state index is 5.68. The van der Waals surface area contributed by atoms with Crippen LogP contribution in [0.1, 0.15) is 0 Å². The number of hydrogen-bond acceptors (Lipinski definition) is 1. The van der Waals surface area contributed by atoms with Crippen molar-refractivity contribution in [2.75, 3.05) is 7.11 Å². The molecule has 0 bridgehead atoms. The van der Waals surface area contributed by atoms with Crippen molar-refractivity contribution in [3.8, 4) is 28.1 Å². The first-order valence-corrected chi connectivity index (χ1v) is 6.82. The standard InChI is InChI=1S/C19H16NO.Y/c1-20-14-7-6-13-18(20)17-12-8-11-16(19(17)21-2)15-9-4-3-5-10-15;/h3-9,12-14H,1-2H3;/q-1;. The van der Waals surface area contributed by atoms with Gasteiger partial charge in [0.2, 0.25) is 0 Å². The molecule has 22 heavy (non-hydrogen) atoms. The third-order valence-electron chi connectivity index (χ3n) is 3.46. The number of pyridine rings is 1. The van der Waals surface area contributed by atoms with Gasteiger partial charge in [-0.2, -0.15) is 42.0 Å². The topological polar surface area (TPSA) is 13.1 Å². The van der Waals surface area contributed by atoms with Crippen LogP contribution in [0.2, 0.25) is 0 Å². The Morgan fingerprint density at radius 2 is 1.77 bits per heavy atom. The van der Waals surface area contributed by atoms with Crippen molar-refractivity contribution in [2.45, 2.75) is 0 Å². The molecular weight excluding hydrogens is 347 g/mol. The number of aryl methyl sites for hydroxylation is 1. The molecule has 1 aromatic heterocycles. The van der Waals surface area contributed by atoms with Gasteiger partial charge in [0.15, 0.2) is 11.9 Å². The van der Waals surface area contributed by atoms with E-state index >= 15 is 0 Å². The molecule has 0 aliphatic carbocycles. The number of rotatable bonds is 3. The Balaban J connectivity index is 0.00000176. The normalized spacial score (nSPS) is 9.91. The van der Waals surface area contributed by atoms with Crippen LogP contribution in [-0.2, 0) is 39.8 Å². The molecule has 3 aromatic rings. The summed E-state index contributed by atoms with van der Waals surface area (Å²) < 4.78 is 7.76. The van der Waals surface area contributed by atoms with E-state index in [1.807, 2.05) is 61.8 Å². The summed E-state index contributed by atoms with van der Waals surface area (Å²) in [6, 6.07) is 24.4. The molecule has 0 aliphatic heterocycles. The van der Waals surface area contributed by atoms with Crippen LogP contribution in [-0.4, -0.2) is 7.11 Å². The van der Waals surface area contributed by atoms with E-state index in [4.69, 9.17) is 4.74 Å². The summed E-state index contributed by atoms with van der Waals surface area (Å²) in [4.78, 5) is 0. The van der Waals surface area contributed by atoms with Gasteiger partial charge < -0.3 is 4.74 Å². The van der Waals surface area contributed by atoms with Crippen LogP contribution in [0.25, 0.3) is 22.4 Å². The van der Waals surface area contributed by atoms with E-state index in [1.165, 1.54) is 0 Å². The Hall–Kier alpha value is -1.51. The van der Waals surface area contributed by atoms with Gasteiger partial charge in [-0.25, -0.2) is 10.1 Å². The van der Waals surface area contributed by atoms with E-state index in [-0.39, 0.29) is 32.7 Å². The fraction of sp³-hybridized carbons (Fsp3) is 0.105. The van der Waals surface area contributed by atoms with Crippen molar-refractivity contribution in [1.29, 1.82) is 0 Å². The Labute approximate surface area is 156 Å². The molecule has 0 saturated heterocycles. The minimum absolute atomic E-state index is 0. The van der Waals surface area contributed by atoms with Crippen LogP contribution in [0.3, 0.4) is 0 Å². The molecule has 3 heteroatoms. The minimum Gasteiger partial charge on any atom is -0.549 e. The number of aromatic nitrogens is 1. The van der Waals surface area contributed by atoms with Gasteiger partial charge >= 0.3 is 0 Å². The summed E-state index contributed by atoms with van der Waals surface area (Å²) in [6.45, 7) is 0. The van der Waals surface area contributed by atoms with E-state index in [1.54, 1.807) is 7.11 Å². The first-order chi connectivity index (χ1) is 10.3. The predicted octanol–water partition coefficient (Wildman–Crippen LogP) is 3.45. The zero-order valence-electron chi connectivity index (χ0n) is 12.7. The third kappa shape index (κ3) is 3.29. The van der Waals surface area contributed by atoms with Gasteiger partial charge in [-0.1, -0.05) is 0 Å². The van der Waals surface area contributed by atoms with Crippen LogP contribution in [0.15, 0.2) is 60.8 Å². The van der Waals surface area contributed by atoms with E-state index in [2.05, 4.69) is 22.8 Å². The Morgan fingerprint density at radius 3 is 2.45 bits per heavy atom. The molecule has 2 aromatic carbocycles. The van der Waals surface area contributed by atoms with Gasteiger partial charge in [-0.05, 0) is 11.6 Å². The van der Waals surface area contributed by atoms with Gasteiger partial charge in [-0.3, -0.25) is 0 Å². The van der Waals surface area contributed by atoms with E-state index in [0.717, 1.165) is 28.1 Å². The molecule has 0 saturated carbocycles. The fourth-order valence-electron chi connectivity index (χ4n) is 2.45. The number of ether oxygens (including phenoxy) is 1. The molecular formula is C19H16NOY-. The van der Waals surface area contributed by atoms with Gasteiger partial charge in [-0.15, -0.1) is 12.1 Å². The molecule has 0 atom stereocenters. The first kappa shape index (κ1) is 16.9. The van der Waals surface area contributed by atoms with Crippen molar-refractivity contribution in [3.05, 3.63) is 72.9 Å². The van der Waals surface area contributed by atoms with Crippen LogP contribution in [0, 0.1) is 12.1 Å². The molecule has 1 heterocycles. The number of hydrogen-bond donors (Lipinski definition) is 0. The molecule has 0 aliphatic rings. The molecule has 0 spiro atoms. The average molecular weight is 363 g/mol. The van der Waals surface area contributed by atoms with Crippen LogP contribution < -0.4 is 9.30 Å². The van der Waals surface area contributed by atoms with Gasteiger partial charge in [0.05, 0.1) is 7.11 Å². The maximum Gasteiger partial charge on any atom is 0.196 e. The maximum absolute atomic E-state index is 5.68. The molecule has 0 unspecified atom stereocenters. The van der Waals surface area contributed by atoms with E-state index in [9.17, 15) is 0 Å². The second-order valence-electron chi connectivity index (χ2n) is 4.77. The molecule has 0 fully saturated rings. The van der Waals surface area contributed by atoms with Gasteiger partial charge in [0, 0.05) is 50.6 Å². The monoisotopic (exact) mass is 363 g/mol. The third-order valence-corrected chi connectivity index (χ3v) is 3.46. The number of nitrogens with zero attached hydrogens (tertiary/aromatic N) is 1. The first-order valence-electron chi connectivity index (χ1n) is 6.82. The average Bonchev–Trinajstić information content (AvgIpc) is 2.55. The van der Waals surface area contributed by atoms with E-state index < -0.39 is 0 Å². The number of methoxy groups -OCH3 is 1. The predicted molar refractivity (Wildman–Crippen MR) is 82.7 cm³/mol. The fourth-order valence-corrected chi connectivity index (χ4v) is 2.45. The van der Waals surface area contributed by atoms with Crippen molar-refractivity contribution in [1.82, 2.24) is 0 Å². The van der Waals surface area contributed by atoms with E-state index in [0.29, 0.717) is 0 Å². The summed E-state index contributed by atoms with van der Waals surface area (Å²) in [5, 5.41) is 0. The second-order valence-corrected chi connectivity index (χ2v) is 4.77. The zero-order valence-corrected chi connectivity index (χ0v) is 15.5. The number of benzene rings is 2. The Morgan fingerprint density at radius 1 is 0.955 bits per heavy atom. The zero-order chi connectivity index (χ0) is 14.7. The van der Waals surface area contributed by atoms with Gasteiger partial charge in [0.25, 0.3) is 0 Å². The summed E-state index contributed by atoms with van der Waals surface area (Å²) in [5.74, 6) is 0.821. The molecule has 107 valence electrons. The summed E-state index contributed by atoms with van der Waals surface area (Å²) >= 11 is 0.